The number of H-pyrrole nitrogens is 1. The fourth-order valence-electron chi connectivity index (χ4n) is 3.27. The highest BCUT2D eigenvalue weighted by Crippen LogP contribution is 2.34. The van der Waals surface area contributed by atoms with E-state index in [4.69, 9.17) is 9.47 Å². The number of pyridine rings is 1. The van der Waals surface area contributed by atoms with Crippen LogP contribution in [0.1, 0.15) is 18.2 Å². The van der Waals surface area contributed by atoms with Gasteiger partial charge in [0, 0.05) is 31.5 Å². The van der Waals surface area contributed by atoms with E-state index in [0.29, 0.717) is 37.7 Å². The largest absolute Gasteiger partial charge is 0.375 e. The first kappa shape index (κ1) is 15.9. The van der Waals surface area contributed by atoms with E-state index in [1.807, 2.05) is 23.9 Å². The van der Waals surface area contributed by atoms with Crippen molar-refractivity contribution >= 4 is 5.69 Å². The number of nitrogens with zero attached hydrogens (tertiary/aromatic N) is 3. The van der Waals surface area contributed by atoms with Crippen LogP contribution in [0.15, 0.2) is 29.6 Å². The molecule has 0 bridgehead atoms. The van der Waals surface area contributed by atoms with Gasteiger partial charge in [0.2, 0.25) is 0 Å². The zero-order chi connectivity index (χ0) is 17.4. The highest BCUT2D eigenvalue weighted by molar-refractivity contribution is 5.52. The number of aromatic amines is 1. The molecule has 0 amide bonds. The molecular weight excluding hydrogens is 320 g/mol. The molecule has 2 fully saturated rings. The Hall–Kier alpha value is -2.56. The van der Waals surface area contributed by atoms with Gasteiger partial charge in [-0.25, -0.2) is 4.98 Å². The molecule has 0 aliphatic carbocycles. The van der Waals surface area contributed by atoms with Crippen LogP contribution in [-0.2, 0) is 16.5 Å². The molecule has 2 aromatic heterocycles. The zero-order valence-electron chi connectivity index (χ0n) is 14.3. The van der Waals surface area contributed by atoms with Gasteiger partial charge in [-0.05, 0) is 18.9 Å². The second kappa shape index (κ2) is 6.06. The number of imidazole rings is 1. The Morgan fingerprint density at radius 3 is 2.92 bits per heavy atom. The number of hydrogen-bond acceptors (Lipinski definition) is 5. The molecule has 1 N–H and O–H groups in total. The average Bonchev–Trinajstić information content (AvgIpc) is 2.99. The minimum atomic E-state index is -0.305. The molecular formula is C18H20N4O3. The monoisotopic (exact) mass is 340 g/mol. The fourth-order valence-corrected chi connectivity index (χ4v) is 3.27. The van der Waals surface area contributed by atoms with Crippen LogP contribution in [0, 0.1) is 11.8 Å². The van der Waals surface area contributed by atoms with E-state index >= 15 is 0 Å². The average molecular weight is 340 g/mol. The summed E-state index contributed by atoms with van der Waals surface area (Å²) < 4.78 is 13.1. The second-order valence-electron chi connectivity index (χ2n) is 6.55. The third-order valence-corrected chi connectivity index (χ3v) is 4.88. The Bertz CT molecular complexity index is 901. The van der Waals surface area contributed by atoms with E-state index < -0.39 is 0 Å². The van der Waals surface area contributed by atoms with Crippen molar-refractivity contribution < 1.29 is 9.47 Å². The lowest BCUT2D eigenvalue weighted by atomic mass is 9.90. The summed E-state index contributed by atoms with van der Waals surface area (Å²) in [4.78, 5) is 21.5. The summed E-state index contributed by atoms with van der Waals surface area (Å²) in [7, 11) is 1.90. The van der Waals surface area contributed by atoms with E-state index in [-0.39, 0.29) is 17.2 Å². The molecule has 1 spiro atoms. The van der Waals surface area contributed by atoms with Gasteiger partial charge >= 0.3 is 0 Å². The Labute approximate surface area is 145 Å². The molecule has 7 nitrogen and oxygen atoms in total. The van der Waals surface area contributed by atoms with Crippen LogP contribution in [0.25, 0.3) is 0 Å². The first-order valence-electron chi connectivity index (χ1n) is 8.28. The molecule has 0 aromatic carbocycles. The summed E-state index contributed by atoms with van der Waals surface area (Å²) in [6, 6.07) is 1.90. The highest BCUT2D eigenvalue weighted by Gasteiger charge is 2.50. The number of hydrogen-bond donors (Lipinski definition) is 1. The summed E-state index contributed by atoms with van der Waals surface area (Å²) >= 11 is 0. The van der Waals surface area contributed by atoms with Crippen molar-refractivity contribution in [3.63, 3.8) is 0 Å². The van der Waals surface area contributed by atoms with Crippen LogP contribution in [-0.4, -0.2) is 52.5 Å². The fraction of sp³-hybridized carbons (Fsp3) is 0.444. The van der Waals surface area contributed by atoms with Crippen LogP contribution < -0.4 is 10.5 Å². The number of nitrogens with one attached hydrogen (secondary N) is 1. The van der Waals surface area contributed by atoms with Gasteiger partial charge in [0.05, 0.1) is 32.2 Å². The van der Waals surface area contributed by atoms with Gasteiger partial charge in [-0.15, -0.1) is 0 Å². The maximum Gasteiger partial charge on any atom is 0.271 e. The molecule has 2 aliphatic rings. The Balaban J connectivity index is 1.64. The quantitative estimate of drug-likeness (QED) is 0.766. The number of anilines is 1. The number of aromatic nitrogens is 3. The van der Waals surface area contributed by atoms with Crippen molar-refractivity contribution in [1.29, 1.82) is 0 Å². The van der Waals surface area contributed by atoms with E-state index in [9.17, 15) is 4.79 Å². The Kier molecular flexibility index (Phi) is 3.86. The van der Waals surface area contributed by atoms with Crippen LogP contribution in [0.2, 0.25) is 0 Å². The summed E-state index contributed by atoms with van der Waals surface area (Å²) in [5.41, 5.74) is 1.64. The van der Waals surface area contributed by atoms with Gasteiger partial charge < -0.3 is 23.9 Å². The Morgan fingerprint density at radius 2 is 2.24 bits per heavy atom. The molecule has 0 saturated carbocycles. The normalized spacial score (nSPS) is 21.5. The standard InChI is InChI=1S/C18H20N4O3/c1-13-18(10-24-11-18)25-6-5-22(13)16-7-14(8-19-17(16)23)3-4-15-9-21(2)12-20-15/h7-9,12-13H,5-6,10-11H2,1-2H3,(H,19,23). The smallest absolute Gasteiger partial charge is 0.271 e. The summed E-state index contributed by atoms with van der Waals surface area (Å²) in [5, 5.41) is 0. The van der Waals surface area contributed by atoms with Crippen molar-refractivity contribution in [3.05, 3.63) is 46.4 Å². The maximum absolute atomic E-state index is 12.4. The van der Waals surface area contributed by atoms with Crippen molar-refractivity contribution in [2.75, 3.05) is 31.3 Å². The lowest BCUT2D eigenvalue weighted by Gasteiger charge is -2.53. The topological polar surface area (TPSA) is 72.4 Å². The number of ether oxygens (including phenoxy) is 2. The van der Waals surface area contributed by atoms with Crippen molar-refractivity contribution in [3.8, 4) is 11.8 Å². The third-order valence-electron chi connectivity index (χ3n) is 4.88. The Morgan fingerprint density at radius 1 is 1.40 bits per heavy atom. The summed E-state index contributed by atoms with van der Waals surface area (Å²) in [5.74, 6) is 6.08. The minimum Gasteiger partial charge on any atom is -0.375 e. The van der Waals surface area contributed by atoms with Gasteiger partial charge in [-0.3, -0.25) is 4.79 Å². The summed E-state index contributed by atoms with van der Waals surface area (Å²) in [6.07, 6.45) is 5.19. The lowest BCUT2D eigenvalue weighted by molar-refractivity contribution is -0.228. The summed E-state index contributed by atoms with van der Waals surface area (Å²) in [6.45, 7) is 4.47. The van der Waals surface area contributed by atoms with Gasteiger partial charge in [-0.1, -0.05) is 5.92 Å². The SMILES string of the molecule is CC1N(c2cc(C#Cc3cn(C)cn3)c[nH]c2=O)CCOC12COC2. The van der Waals surface area contributed by atoms with E-state index in [1.165, 1.54) is 0 Å². The van der Waals surface area contributed by atoms with E-state index in [2.05, 4.69) is 33.6 Å². The predicted molar refractivity (Wildman–Crippen MR) is 92.6 cm³/mol. The molecule has 2 saturated heterocycles. The van der Waals surface area contributed by atoms with Crippen molar-refractivity contribution in [1.82, 2.24) is 14.5 Å². The highest BCUT2D eigenvalue weighted by atomic mass is 16.6. The molecule has 1 atom stereocenters. The molecule has 25 heavy (non-hydrogen) atoms. The number of aryl methyl sites for hydroxylation is 1. The first-order valence-corrected chi connectivity index (χ1v) is 8.28. The van der Waals surface area contributed by atoms with Gasteiger partial charge in [0.15, 0.2) is 0 Å². The lowest BCUT2D eigenvalue weighted by Crippen LogP contribution is -2.68. The van der Waals surface area contributed by atoms with Crippen LogP contribution in [0.4, 0.5) is 5.69 Å². The molecule has 0 radical (unpaired) electrons. The number of morpholine rings is 1. The van der Waals surface area contributed by atoms with Gasteiger partial charge in [0.1, 0.15) is 17.0 Å². The second-order valence-corrected chi connectivity index (χ2v) is 6.55. The number of rotatable bonds is 1. The molecule has 4 heterocycles. The minimum absolute atomic E-state index is 0.0649. The molecule has 2 aromatic rings. The molecule has 4 rings (SSSR count). The molecule has 2 aliphatic heterocycles. The molecule has 130 valence electrons. The molecule has 7 heteroatoms. The maximum atomic E-state index is 12.4. The molecule has 1 unspecified atom stereocenters. The van der Waals surface area contributed by atoms with Crippen molar-refractivity contribution in [2.45, 2.75) is 18.6 Å². The van der Waals surface area contributed by atoms with Gasteiger partial charge in [-0.2, -0.15) is 0 Å². The van der Waals surface area contributed by atoms with Crippen LogP contribution >= 0.6 is 0 Å². The van der Waals surface area contributed by atoms with Crippen molar-refractivity contribution in [2.24, 2.45) is 7.05 Å². The first-order chi connectivity index (χ1) is 12.1. The zero-order valence-corrected chi connectivity index (χ0v) is 14.3. The van der Waals surface area contributed by atoms with E-state index in [1.54, 1.807) is 12.5 Å². The predicted octanol–water partition coefficient (Wildman–Crippen LogP) is 0.502. The van der Waals surface area contributed by atoms with E-state index in [0.717, 1.165) is 5.56 Å². The third kappa shape index (κ3) is 2.84. The van der Waals surface area contributed by atoms with Crippen LogP contribution in [0.5, 0.6) is 0 Å². The van der Waals surface area contributed by atoms with Gasteiger partial charge in [0.25, 0.3) is 5.56 Å². The van der Waals surface area contributed by atoms with Crippen LogP contribution in [0.3, 0.4) is 0 Å².